The van der Waals surface area contributed by atoms with Gasteiger partial charge in [0.2, 0.25) is 11.8 Å². The third-order valence-electron chi connectivity index (χ3n) is 5.90. The van der Waals surface area contributed by atoms with E-state index in [2.05, 4.69) is 22.3 Å². The standard InChI is InChI=1S/C26H35N3O3/c1-32-24-13-10-23(11-14-24)12-15-26(31)29-18-6-17-28(19-20-29)21-25(30)27-16-5-9-22-7-3-2-4-8-22/h2-4,7-8,10-11,13-14H,5-6,9,12,15-21H2,1H3,(H,27,30). The van der Waals surface area contributed by atoms with Crippen molar-refractivity contribution in [3.8, 4) is 5.75 Å². The minimum Gasteiger partial charge on any atom is -0.497 e. The van der Waals surface area contributed by atoms with Crippen molar-refractivity contribution in [2.24, 2.45) is 0 Å². The first kappa shape index (κ1) is 23.8. The van der Waals surface area contributed by atoms with Crippen molar-refractivity contribution in [3.63, 3.8) is 0 Å². The van der Waals surface area contributed by atoms with E-state index in [1.807, 2.05) is 47.4 Å². The van der Waals surface area contributed by atoms with Crippen molar-refractivity contribution in [3.05, 3.63) is 65.7 Å². The monoisotopic (exact) mass is 437 g/mol. The summed E-state index contributed by atoms with van der Waals surface area (Å²) < 4.78 is 5.18. The minimum absolute atomic E-state index is 0.0670. The molecule has 1 fully saturated rings. The van der Waals surface area contributed by atoms with E-state index in [9.17, 15) is 9.59 Å². The molecule has 0 atom stereocenters. The molecule has 0 aromatic heterocycles. The van der Waals surface area contributed by atoms with Crippen LogP contribution in [0.4, 0.5) is 0 Å². The first-order valence-corrected chi connectivity index (χ1v) is 11.6. The highest BCUT2D eigenvalue weighted by molar-refractivity contribution is 5.78. The lowest BCUT2D eigenvalue weighted by atomic mass is 10.1. The summed E-state index contributed by atoms with van der Waals surface area (Å²) in [4.78, 5) is 29.1. The van der Waals surface area contributed by atoms with Gasteiger partial charge in [0, 0.05) is 39.1 Å². The maximum Gasteiger partial charge on any atom is 0.234 e. The van der Waals surface area contributed by atoms with Gasteiger partial charge in [-0.2, -0.15) is 0 Å². The average molecular weight is 438 g/mol. The number of nitrogens with zero attached hydrogens (tertiary/aromatic N) is 2. The fourth-order valence-electron chi connectivity index (χ4n) is 4.00. The quantitative estimate of drug-likeness (QED) is 0.581. The van der Waals surface area contributed by atoms with E-state index in [1.165, 1.54) is 5.56 Å². The number of hydrogen-bond donors (Lipinski definition) is 1. The Morgan fingerprint density at radius 3 is 2.41 bits per heavy atom. The second-order valence-electron chi connectivity index (χ2n) is 8.30. The molecule has 0 spiro atoms. The summed E-state index contributed by atoms with van der Waals surface area (Å²) in [5.41, 5.74) is 2.44. The molecule has 32 heavy (non-hydrogen) atoms. The molecule has 3 rings (SSSR count). The zero-order chi connectivity index (χ0) is 22.6. The van der Waals surface area contributed by atoms with Gasteiger partial charge in [-0.05, 0) is 48.9 Å². The topological polar surface area (TPSA) is 61.9 Å². The van der Waals surface area contributed by atoms with Crippen LogP contribution in [-0.4, -0.2) is 68.0 Å². The summed E-state index contributed by atoms with van der Waals surface area (Å²) in [5, 5.41) is 3.03. The molecule has 172 valence electrons. The maximum absolute atomic E-state index is 12.7. The fourth-order valence-corrected chi connectivity index (χ4v) is 4.00. The van der Waals surface area contributed by atoms with Crippen molar-refractivity contribution in [1.82, 2.24) is 15.1 Å². The van der Waals surface area contributed by atoms with Gasteiger partial charge in [0.1, 0.15) is 5.75 Å². The van der Waals surface area contributed by atoms with Gasteiger partial charge in [-0.1, -0.05) is 42.5 Å². The number of carbonyl (C=O) groups is 2. The maximum atomic E-state index is 12.7. The Hall–Kier alpha value is -2.86. The molecule has 0 unspecified atom stereocenters. The number of benzene rings is 2. The molecule has 2 amide bonds. The van der Waals surface area contributed by atoms with Crippen LogP contribution in [0.15, 0.2) is 54.6 Å². The molecule has 6 heteroatoms. The van der Waals surface area contributed by atoms with E-state index >= 15 is 0 Å². The third kappa shape index (κ3) is 8.00. The molecule has 0 bridgehead atoms. The second-order valence-corrected chi connectivity index (χ2v) is 8.30. The van der Waals surface area contributed by atoms with Gasteiger partial charge >= 0.3 is 0 Å². The number of amides is 2. The van der Waals surface area contributed by atoms with Crippen molar-refractivity contribution in [2.45, 2.75) is 32.1 Å². The Balaban J connectivity index is 1.32. The van der Waals surface area contributed by atoms with Crippen molar-refractivity contribution in [2.75, 3.05) is 46.4 Å². The largest absolute Gasteiger partial charge is 0.497 e. The highest BCUT2D eigenvalue weighted by Crippen LogP contribution is 2.14. The summed E-state index contributed by atoms with van der Waals surface area (Å²) in [6.45, 7) is 4.13. The van der Waals surface area contributed by atoms with E-state index in [1.54, 1.807) is 7.11 Å². The Morgan fingerprint density at radius 2 is 1.66 bits per heavy atom. The van der Waals surface area contributed by atoms with Crippen LogP contribution in [0.5, 0.6) is 5.75 Å². The van der Waals surface area contributed by atoms with E-state index in [-0.39, 0.29) is 11.8 Å². The fraction of sp³-hybridized carbons (Fsp3) is 0.462. The van der Waals surface area contributed by atoms with Gasteiger partial charge in [0.05, 0.1) is 13.7 Å². The minimum atomic E-state index is 0.0670. The highest BCUT2D eigenvalue weighted by atomic mass is 16.5. The number of ether oxygens (including phenoxy) is 1. The summed E-state index contributed by atoms with van der Waals surface area (Å²) in [7, 11) is 1.65. The molecule has 0 radical (unpaired) electrons. The van der Waals surface area contributed by atoms with E-state index < -0.39 is 0 Å². The first-order chi connectivity index (χ1) is 15.6. The molecule has 6 nitrogen and oxygen atoms in total. The van der Waals surface area contributed by atoms with Crippen molar-refractivity contribution >= 4 is 11.8 Å². The van der Waals surface area contributed by atoms with Gasteiger partial charge in [0.25, 0.3) is 0 Å². The number of nitrogens with one attached hydrogen (secondary N) is 1. The van der Waals surface area contributed by atoms with Crippen molar-refractivity contribution in [1.29, 1.82) is 0 Å². The molecule has 0 saturated carbocycles. The summed E-state index contributed by atoms with van der Waals surface area (Å²) >= 11 is 0. The van der Waals surface area contributed by atoms with Crippen LogP contribution in [0.1, 0.15) is 30.4 Å². The van der Waals surface area contributed by atoms with Crippen LogP contribution in [-0.2, 0) is 22.4 Å². The van der Waals surface area contributed by atoms with Crippen molar-refractivity contribution < 1.29 is 14.3 Å². The Kier molecular flexibility index (Phi) is 9.57. The molecule has 0 aliphatic carbocycles. The number of carbonyl (C=O) groups excluding carboxylic acids is 2. The summed E-state index contributed by atoms with van der Waals surface area (Å²) in [6, 6.07) is 18.2. The van der Waals surface area contributed by atoms with Gasteiger partial charge in [-0.25, -0.2) is 0 Å². The third-order valence-corrected chi connectivity index (χ3v) is 5.90. The zero-order valence-electron chi connectivity index (χ0n) is 19.1. The number of hydrogen-bond acceptors (Lipinski definition) is 4. The molecule has 2 aromatic rings. The van der Waals surface area contributed by atoms with Crippen LogP contribution in [0.25, 0.3) is 0 Å². The van der Waals surface area contributed by atoms with E-state index in [4.69, 9.17) is 4.74 Å². The lowest BCUT2D eigenvalue weighted by Gasteiger charge is -2.22. The molecular weight excluding hydrogens is 402 g/mol. The predicted molar refractivity (Wildman–Crippen MR) is 127 cm³/mol. The highest BCUT2D eigenvalue weighted by Gasteiger charge is 2.20. The number of aryl methyl sites for hydroxylation is 2. The molecule has 1 saturated heterocycles. The lowest BCUT2D eigenvalue weighted by Crippen LogP contribution is -2.40. The lowest BCUT2D eigenvalue weighted by molar-refractivity contribution is -0.131. The van der Waals surface area contributed by atoms with Crippen LogP contribution in [0, 0.1) is 0 Å². The molecule has 1 aliphatic rings. The molecule has 1 aliphatic heterocycles. The molecule has 1 N–H and O–H groups in total. The van der Waals surface area contributed by atoms with E-state index in [0.29, 0.717) is 26.1 Å². The summed E-state index contributed by atoms with van der Waals surface area (Å²) in [6.07, 6.45) is 4.04. The van der Waals surface area contributed by atoms with E-state index in [0.717, 1.165) is 56.6 Å². The zero-order valence-corrected chi connectivity index (χ0v) is 19.1. The number of methoxy groups -OCH3 is 1. The Bertz CT molecular complexity index is 839. The molecule has 1 heterocycles. The Morgan fingerprint density at radius 1 is 0.906 bits per heavy atom. The number of rotatable bonds is 10. The van der Waals surface area contributed by atoms with Gasteiger partial charge in [-0.15, -0.1) is 0 Å². The van der Waals surface area contributed by atoms with Gasteiger partial charge < -0.3 is 15.0 Å². The smallest absolute Gasteiger partial charge is 0.234 e. The average Bonchev–Trinajstić information content (AvgIpc) is 3.07. The van der Waals surface area contributed by atoms with Crippen LogP contribution in [0.2, 0.25) is 0 Å². The Labute approximate surface area is 191 Å². The van der Waals surface area contributed by atoms with Crippen LogP contribution >= 0.6 is 0 Å². The van der Waals surface area contributed by atoms with Gasteiger partial charge in [0.15, 0.2) is 0 Å². The SMILES string of the molecule is COc1ccc(CCC(=O)N2CCCN(CC(=O)NCCCc3ccccc3)CC2)cc1. The summed E-state index contributed by atoms with van der Waals surface area (Å²) in [5.74, 6) is 1.08. The first-order valence-electron chi connectivity index (χ1n) is 11.6. The van der Waals surface area contributed by atoms with Crippen LogP contribution in [0.3, 0.4) is 0 Å². The predicted octanol–water partition coefficient (Wildman–Crippen LogP) is 2.91. The van der Waals surface area contributed by atoms with Crippen LogP contribution < -0.4 is 10.1 Å². The normalized spacial score (nSPS) is 14.6. The molecular formula is C26H35N3O3. The molecule has 2 aromatic carbocycles. The van der Waals surface area contributed by atoms with Gasteiger partial charge in [-0.3, -0.25) is 14.5 Å². The second kappa shape index (κ2) is 12.9.